The fourth-order valence-corrected chi connectivity index (χ4v) is 6.12. The fraction of sp³-hybridized carbons (Fsp3) is 0.294. The van der Waals surface area contributed by atoms with E-state index in [1.807, 2.05) is 0 Å². The topological polar surface area (TPSA) is 83.6 Å². The lowest BCUT2D eigenvalue weighted by Crippen LogP contribution is -2.30. The summed E-state index contributed by atoms with van der Waals surface area (Å²) in [5.41, 5.74) is 0.771. The van der Waals surface area contributed by atoms with E-state index in [9.17, 15) is 16.8 Å². The van der Waals surface area contributed by atoms with Gasteiger partial charge in [-0.2, -0.15) is 4.31 Å². The molecule has 0 spiro atoms. The quantitative estimate of drug-likeness (QED) is 0.623. The summed E-state index contributed by atoms with van der Waals surface area (Å²) < 4.78 is 55.3. The van der Waals surface area contributed by atoms with E-state index in [4.69, 9.17) is 11.6 Å². The highest BCUT2D eigenvalue weighted by Gasteiger charge is 2.24. The van der Waals surface area contributed by atoms with E-state index in [0.717, 1.165) is 0 Å². The lowest BCUT2D eigenvalue weighted by atomic mass is 10.2. The number of anilines is 1. The van der Waals surface area contributed by atoms with Crippen molar-refractivity contribution in [3.63, 3.8) is 0 Å². The van der Waals surface area contributed by atoms with Gasteiger partial charge in [0.1, 0.15) is 4.90 Å². The molecule has 0 aliphatic carbocycles. The van der Waals surface area contributed by atoms with Gasteiger partial charge in [0.05, 0.1) is 15.6 Å². The molecule has 0 fully saturated rings. The van der Waals surface area contributed by atoms with Gasteiger partial charge in [0, 0.05) is 17.6 Å². The average Bonchev–Trinajstić information content (AvgIpc) is 2.57. The Hall–Kier alpha value is -1.13. The summed E-state index contributed by atoms with van der Waals surface area (Å²) in [6.07, 6.45) is 0. The number of halogens is 2. The fourth-order valence-electron chi connectivity index (χ4n) is 2.48. The van der Waals surface area contributed by atoms with Crippen LogP contribution in [0.15, 0.2) is 50.7 Å². The lowest BCUT2D eigenvalue weighted by molar-refractivity contribution is 0.445. The molecule has 0 aromatic heterocycles. The zero-order chi connectivity index (χ0) is 20.4. The Morgan fingerprint density at radius 3 is 2.22 bits per heavy atom. The maximum atomic E-state index is 12.7. The SMILES string of the molecule is CCN(CC)S(=O)(=O)c1ccc(C)c(NS(=O)(=O)c2ccc(Br)cc2Cl)c1. The molecule has 0 aliphatic heterocycles. The van der Waals surface area contributed by atoms with E-state index >= 15 is 0 Å². The van der Waals surface area contributed by atoms with Crippen LogP contribution in [-0.2, 0) is 20.0 Å². The highest BCUT2D eigenvalue weighted by Crippen LogP contribution is 2.29. The Morgan fingerprint density at radius 1 is 1.04 bits per heavy atom. The van der Waals surface area contributed by atoms with Crippen LogP contribution >= 0.6 is 27.5 Å². The second-order valence-corrected chi connectivity index (χ2v) is 10.7. The van der Waals surface area contributed by atoms with Crippen LogP contribution in [0.1, 0.15) is 19.4 Å². The van der Waals surface area contributed by atoms with Gasteiger partial charge < -0.3 is 0 Å². The number of nitrogens with zero attached hydrogens (tertiary/aromatic N) is 1. The van der Waals surface area contributed by atoms with Crippen LogP contribution in [0.5, 0.6) is 0 Å². The molecule has 0 amide bonds. The third-order valence-electron chi connectivity index (χ3n) is 3.98. The number of rotatable bonds is 7. The lowest BCUT2D eigenvalue weighted by Gasteiger charge is -2.19. The van der Waals surface area contributed by atoms with Crippen LogP contribution in [0.2, 0.25) is 5.02 Å². The normalized spacial score (nSPS) is 12.4. The summed E-state index contributed by atoms with van der Waals surface area (Å²) in [5, 5.41) is 0.0569. The van der Waals surface area contributed by atoms with E-state index in [0.29, 0.717) is 23.1 Å². The van der Waals surface area contributed by atoms with Gasteiger partial charge in [-0.3, -0.25) is 4.72 Å². The monoisotopic (exact) mass is 494 g/mol. The number of hydrogen-bond acceptors (Lipinski definition) is 4. The zero-order valence-corrected chi connectivity index (χ0v) is 19.0. The highest BCUT2D eigenvalue weighted by atomic mass is 79.9. The minimum absolute atomic E-state index is 0.0244. The van der Waals surface area contributed by atoms with Gasteiger partial charge in [0.15, 0.2) is 0 Å². The van der Waals surface area contributed by atoms with Crippen molar-refractivity contribution in [2.24, 2.45) is 0 Å². The minimum atomic E-state index is -3.99. The Labute approximate surface area is 173 Å². The molecule has 0 atom stereocenters. The summed E-state index contributed by atoms with van der Waals surface area (Å²) in [6.45, 7) is 5.82. The van der Waals surface area contributed by atoms with Crippen LogP contribution in [0, 0.1) is 6.92 Å². The van der Waals surface area contributed by atoms with Gasteiger partial charge in [-0.1, -0.05) is 47.4 Å². The van der Waals surface area contributed by atoms with E-state index in [2.05, 4.69) is 20.7 Å². The van der Waals surface area contributed by atoms with E-state index in [-0.39, 0.29) is 20.5 Å². The van der Waals surface area contributed by atoms with Crippen LogP contribution in [0.25, 0.3) is 0 Å². The van der Waals surface area contributed by atoms with Gasteiger partial charge >= 0.3 is 0 Å². The maximum absolute atomic E-state index is 12.7. The summed E-state index contributed by atoms with van der Waals surface area (Å²) in [4.78, 5) is -0.0693. The first kappa shape index (κ1) is 22.2. The number of aryl methyl sites for hydroxylation is 1. The largest absolute Gasteiger partial charge is 0.279 e. The van der Waals surface area contributed by atoms with Gasteiger partial charge in [-0.05, 0) is 42.8 Å². The Bertz CT molecular complexity index is 1050. The van der Waals surface area contributed by atoms with Crippen molar-refractivity contribution in [2.45, 2.75) is 30.6 Å². The predicted molar refractivity (Wildman–Crippen MR) is 111 cm³/mol. The molecule has 2 aromatic rings. The van der Waals surface area contributed by atoms with Crippen molar-refractivity contribution in [3.05, 3.63) is 51.5 Å². The molecular formula is C17H20BrClN2O4S2. The van der Waals surface area contributed by atoms with Gasteiger partial charge in [-0.15, -0.1) is 0 Å². The smallest absolute Gasteiger partial charge is 0.263 e. The molecule has 27 heavy (non-hydrogen) atoms. The number of benzene rings is 2. The molecular weight excluding hydrogens is 476 g/mol. The maximum Gasteiger partial charge on any atom is 0.263 e. The minimum Gasteiger partial charge on any atom is -0.279 e. The highest BCUT2D eigenvalue weighted by molar-refractivity contribution is 9.10. The second-order valence-electron chi connectivity index (χ2n) is 5.75. The molecule has 10 heteroatoms. The van der Waals surface area contributed by atoms with Crippen molar-refractivity contribution >= 4 is 53.3 Å². The van der Waals surface area contributed by atoms with Crippen molar-refractivity contribution in [2.75, 3.05) is 17.8 Å². The van der Waals surface area contributed by atoms with Crippen molar-refractivity contribution in [1.29, 1.82) is 0 Å². The molecule has 0 unspecified atom stereocenters. The number of sulfonamides is 2. The molecule has 1 N–H and O–H groups in total. The number of hydrogen-bond donors (Lipinski definition) is 1. The molecule has 2 aromatic carbocycles. The molecule has 0 radical (unpaired) electrons. The Balaban J connectivity index is 2.48. The molecule has 148 valence electrons. The first-order valence-corrected chi connectivity index (χ1v) is 12.2. The van der Waals surface area contributed by atoms with Crippen LogP contribution in [0.4, 0.5) is 5.69 Å². The Morgan fingerprint density at radius 2 is 1.67 bits per heavy atom. The summed E-state index contributed by atoms with van der Waals surface area (Å²) in [6, 6.07) is 8.78. The van der Waals surface area contributed by atoms with Crippen LogP contribution < -0.4 is 4.72 Å². The zero-order valence-electron chi connectivity index (χ0n) is 15.0. The molecule has 0 bridgehead atoms. The molecule has 0 saturated carbocycles. The van der Waals surface area contributed by atoms with Crippen molar-refractivity contribution in [1.82, 2.24) is 4.31 Å². The summed E-state index contributed by atoms with van der Waals surface area (Å²) >= 11 is 9.28. The molecule has 0 heterocycles. The standard InChI is InChI=1S/C17H20BrClN2O4S2/c1-4-21(5-2)27(24,25)14-8-6-12(3)16(11-14)20-26(22,23)17-9-7-13(18)10-15(17)19/h6-11,20H,4-5H2,1-3H3. The molecule has 2 rings (SSSR count). The van der Waals surface area contributed by atoms with Crippen molar-refractivity contribution < 1.29 is 16.8 Å². The van der Waals surface area contributed by atoms with Crippen molar-refractivity contribution in [3.8, 4) is 0 Å². The second kappa shape index (κ2) is 8.48. The Kier molecular flexibility index (Phi) is 6.96. The summed E-state index contributed by atoms with van der Waals surface area (Å²) in [5.74, 6) is 0. The van der Waals surface area contributed by atoms with E-state index in [1.54, 1.807) is 32.9 Å². The average molecular weight is 496 g/mol. The van der Waals surface area contributed by atoms with E-state index in [1.165, 1.54) is 28.6 Å². The first-order chi connectivity index (χ1) is 12.5. The first-order valence-electron chi connectivity index (χ1n) is 8.11. The third kappa shape index (κ3) is 4.83. The van der Waals surface area contributed by atoms with Gasteiger partial charge in [0.2, 0.25) is 10.0 Å². The van der Waals surface area contributed by atoms with Crippen LogP contribution in [0.3, 0.4) is 0 Å². The molecule has 0 saturated heterocycles. The molecule has 6 nitrogen and oxygen atoms in total. The third-order valence-corrected chi connectivity index (χ3v) is 8.37. The van der Waals surface area contributed by atoms with Crippen LogP contribution in [-0.4, -0.2) is 34.2 Å². The van der Waals surface area contributed by atoms with E-state index < -0.39 is 20.0 Å². The van der Waals surface area contributed by atoms with Gasteiger partial charge in [-0.25, -0.2) is 16.8 Å². The molecule has 0 aliphatic rings. The van der Waals surface area contributed by atoms with Gasteiger partial charge in [0.25, 0.3) is 10.0 Å². The number of nitrogens with one attached hydrogen (secondary N) is 1. The summed E-state index contributed by atoms with van der Waals surface area (Å²) in [7, 11) is -7.70. The predicted octanol–water partition coefficient (Wildman–Crippen LogP) is 4.24.